The van der Waals surface area contributed by atoms with Crippen LogP contribution in [0.15, 0.2) is 36.4 Å². The number of benzene rings is 2. The largest absolute Gasteiger partial charge is 0.493 e. The van der Waals surface area contributed by atoms with E-state index in [-0.39, 0.29) is 16.9 Å². The van der Waals surface area contributed by atoms with Crippen molar-refractivity contribution in [1.29, 1.82) is 0 Å². The zero-order valence-electron chi connectivity index (χ0n) is 13.0. The minimum Gasteiger partial charge on any atom is -0.493 e. The number of carbonyl (C=O) groups is 2. The first-order valence-electron chi connectivity index (χ1n) is 7.64. The molecule has 124 valence electrons. The Labute approximate surface area is 137 Å². The van der Waals surface area contributed by atoms with Crippen LogP contribution in [0.25, 0.3) is 0 Å². The van der Waals surface area contributed by atoms with Gasteiger partial charge in [-0.05, 0) is 18.6 Å². The molecule has 0 bridgehead atoms. The molecule has 0 saturated carbocycles. The number of imide groups is 1. The van der Waals surface area contributed by atoms with E-state index < -0.39 is 29.1 Å². The third-order valence-electron chi connectivity index (χ3n) is 3.77. The summed E-state index contributed by atoms with van der Waals surface area (Å²) < 4.78 is 34.0. The topological polar surface area (TPSA) is 46.6 Å². The molecule has 2 amide bonds. The molecule has 1 heterocycles. The lowest BCUT2D eigenvalue weighted by Crippen LogP contribution is -2.31. The van der Waals surface area contributed by atoms with Crippen molar-refractivity contribution in [3.63, 3.8) is 0 Å². The van der Waals surface area contributed by atoms with Crippen LogP contribution in [0, 0.1) is 11.6 Å². The molecule has 3 rings (SSSR count). The van der Waals surface area contributed by atoms with Crippen molar-refractivity contribution in [3.8, 4) is 5.75 Å². The molecule has 0 atom stereocenters. The van der Waals surface area contributed by atoms with E-state index in [0.717, 1.165) is 25.0 Å². The summed E-state index contributed by atoms with van der Waals surface area (Å²) in [6.45, 7) is 2.30. The number of ether oxygens (including phenoxy) is 1. The molecule has 0 unspecified atom stereocenters. The Kier molecular flexibility index (Phi) is 4.29. The average molecular weight is 331 g/mol. The van der Waals surface area contributed by atoms with Gasteiger partial charge < -0.3 is 4.74 Å². The van der Waals surface area contributed by atoms with Gasteiger partial charge in [-0.15, -0.1) is 0 Å². The Hall–Kier alpha value is -2.76. The van der Waals surface area contributed by atoms with Crippen LogP contribution in [0.2, 0.25) is 0 Å². The lowest BCUT2D eigenvalue weighted by atomic mass is 10.1. The minimum atomic E-state index is -1.02. The molecule has 0 aliphatic carbocycles. The Bertz CT molecular complexity index is 762. The van der Waals surface area contributed by atoms with Crippen LogP contribution in [0.4, 0.5) is 14.5 Å². The summed E-state index contributed by atoms with van der Waals surface area (Å²) in [4.78, 5) is 25.2. The molecule has 6 heteroatoms. The average Bonchev–Trinajstić information content (AvgIpc) is 2.80. The Morgan fingerprint density at radius 3 is 2.04 bits per heavy atom. The highest BCUT2D eigenvalue weighted by atomic mass is 19.1. The number of unbranched alkanes of at least 4 members (excludes halogenated alkanes) is 1. The van der Waals surface area contributed by atoms with Gasteiger partial charge >= 0.3 is 0 Å². The third-order valence-corrected chi connectivity index (χ3v) is 3.77. The first-order valence-corrected chi connectivity index (χ1v) is 7.64. The second-order valence-corrected chi connectivity index (χ2v) is 5.43. The maximum Gasteiger partial charge on any atom is 0.266 e. The molecule has 4 nitrogen and oxygen atoms in total. The monoisotopic (exact) mass is 331 g/mol. The van der Waals surface area contributed by atoms with Gasteiger partial charge in [-0.2, -0.15) is 0 Å². The van der Waals surface area contributed by atoms with E-state index in [4.69, 9.17) is 4.74 Å². The summed E-state index contributed by atoms with van der Waals surface area (Å²) in [6, 6.07) is 8.05. The number of fused-ring (bicyclic) bond motifs is 1. The van der Waals surface area contributed by atoms with Crippen molar-refractivity contribution in [3.05, 3.63) is 59.2 Å². The fourth-order valence-electron chi connectivity index (χ4n) is 2.57. The molecule has 0 spiro atoms. The zero-order chi connectivity index (χ0) is 17.3. The van der Waals surface area contributed by atoms with E-state index in [1.165, 1.54) is 12.1 Å². The van der Waals surface area contributed by atoms with Gasteiger partial charge in [0, 0.05) is 12.1 Å². The maximum absolute atomic E-state index is 14.4. The van der Waals surface area contributed by atoms with Gasteiger partial charge in [0.25, 0.3) is 11.8 Å². The lowest BCUT2D eigenvalue weighted by molar-refractivity contribution is 0.0923. The van der Waals surface area contributed by atoms with Crippen molar-refractivity contribution < 1.29 is 23.1 Å². The minimum absolute atomic E-state index is 0.0267. The van der Waals surface area contributed by atoms with E-state index in [9.17, 15) is 18.4 Å². The first-order chi connectivity index (χ1) is 11.5. The number of hydrogen-bond donors (Lipinski definition) is 0. The van der Waals surface area contributed by atoms with Crippen molar-refractivity contribution >= 4 is 17.5 Å². The summed E-state index contributed by atoms with van der Waals surface area (Å²) >= 11 is 0. The number of anilines is 1. The number of hydrogen-bond acceptors (Lipinski definition) is 3. The van der Waals surface area contributed by atoms with Gasteiger partial charge in [0.1, 0.15) is 11.4 Å². The van der Waals surface area contributed by atoms with Gasteiger partial charge in [0.15, 0.2) is 11.6 Å². The van der Waals surface area contributed by atoms with E-state index in [1.807, 2.05) is 6.92 Å². The molecule has 0 aromatic heterocycles. The predicted octanol–water partition coefficient (Wildman–Crippen LogP) is 3.94. The van der Waals surface area contributed by atoms with Crippen LogP contribution in [0.1, 0.15) is 40.5 Å². The standard InChI is InChI=1S/C18H15F2NO3/c1-2-3-8-24-11-9-14(19)16(15(20)10-11)21-17(22)12-6-4-5-7-13(12)18(21)23/h4-7,9-10H,2-3,8H2,1H3. The lowest BCUT2D eigenvalue weighted by Gasteiger charge is -2.17. The van der Waals surface area contributed by atoms with Gasteiger partial charge in [0.2, 0.25) is 0 Å². The third kappa shape index (κ3) is 2.64. The number of carbonyl (C=O) groups excluding carboxylic acids is 2. The second-order valence-electron chi connectivity index (χ2n) is 5.43. The van der Waals surface area contributed by atoms with Crippen LogP contribution in [0.5, 0.6) is 5.75 Å². The van der Waals surface area contributed by atoms with E-state index >= 15 is 0 Å². The molecule has 0 fully saturated rings. The van der Waals surface area contributed by atoms with Crippen molar-refractivity contribution in [2.24, 2.45) is 0 Å². The van der Waals surface area contributed by atoms with Gasteiger partial charge in [0.05, 0.1) is 17.7 Å². The summed E-state index contributed by atoms with van der Waals surface area (Å²) in [5.41, 5.74) is -0.418. The van der Waals surface area contributed by atoms with Crippen LogP contribution in [-0.2, 0) is 0 Å². The molecule has 1 aliphatic heterocycles. The summed E-state index contributed by atoms with van der Waals surface area (Å²) in [7, 11) is 0. The van der Waals surface area contributed by atoms with Crippen LogP contribution < -0.4 is 9.64 Å². The molecule has 1 aliphatic rings. The van der Waals surface area contributed by atoms with E-state index in [0.29, 0.717) is 11.5 Å². The van der Waals surface area contributed by atoms with E-state index in [1.54, 1.807) is 12.1 Å². The molecule has 0 radical (unpaired) electrons. The number of halogens is 2. The zero-order valence-corrected chi connectivity index (χ0v) is 13.0. The molecule has 0 saturated heterocycles. The van der Waals surface area contributed by atoms with Gasteiger partial charge in [-0.1, -0.05) is 25.5 Å². The summed E-state index contributed by atoms with van der Waals surface area (Å²) in [6.07, 6.45) is 1.64. The van der Waals surface area contributed by atoms with Crippen molar-refractivity contribution in [1.82, 2.24) is 0 Å². The normalized spacial score (nSPS) is 13.4. The van der Waals surface area contributed by atoms with Crippen LogP contribution in [0.3, 0.4) is 0 Å². The fourth-order valence-corrected chi connectivity index (χ4v) is 2.57. The Morgan fingerprint density at radius 1 is 1.00 bits per heavy atom. The second kappa shape index (κ2) is 6.39. The molecular formula is C18H15F2NO3. The predicted molar refractivity (Wildman–Crippen MR) is 84.3 cm³/mol. The summed E-state index contributed by atoms with van der Waals surface area (Å²) in [5, 5.41) is 0. The molecular weight excluding hydrogens is 316 g/mol. The number of rotatable bonds is 5. The maximum atomic E-state index is 14.4. The fraction of sp³-hybridized carbons (Fsp3) is 0.222. The summed E-state index contributed by atoms with van der Waals surface area (Å²) in [5.74, 6) is -3.49. The van der Waals surface area contributed by atoms with Gasteiger partial charge in [-0.3, -0.25) is 9.59 Å². The van der Waals surface area contributed by atoms with Crippen molar-refractivity contribution in [2.45, 2.75) is 19.8 Å². The SMILES string of the molecule is CCCCOc1cc(F)c(N2C(=O)c3ccccc3C2=O)c(F)c1. The quantitative estimate of drug-likeness (QED) is 0.616. The van der Waals surface area contributed by atoms with Crippen molar-refractivity contribution in [2.75, 3.05) is 11.5 Å². The smallest absolute Gasteiger partial charge is 0.266 e. The molecule has 2 aromatic carbocycles. The molecule has 2 aromatic rings. The highest BCUT2D eigenvalue weighted by molar-refractivity contribution is 6.34. The number of amides is 2. The molecule has 24 heavy (non-hydrogen) atoms. The highest BCUT2D eigenvalue weighted by Crippen LogP contribution is 2.34. The van der Waals surface area contributed by atoms with E-state index in [2.05, 4.69) is 0 Å². The molecule has 0 N–H and O–H groups in total. The van der Waals surface area contributed by atoms with Crippen LogP contribution >= 0.6 is 0 Å². The van der Waals surface area contributed by atoms with Gasteiger partial charge in [-0.25, -0.2) is 13.7 Å². The number of nitrogens with zero attached hydrogens (tertiary/aromatic N) is 1. The first kappa shape index (κ1) is 16.1. The van der Waals surface area contributed by atoms with Crippen LogP contribution in [-0.4, -0.2) is 18.4 Å². The Morgan fingerprint density at radius 2 is 1.54 bits per heavy atom. The Balaban J connectivity index is 1.96. The highest BCUT2D eigenvalue weighted by Gasteiger charge is 2.39.